The van der Waals surface area contributed by atoms with Crippen LogP contribution in [0.3, 0.4) is 0 Å². The number of hydrogen-bond donors (Lipinski definition) is 2. The van der Waals surface area contributed by atoms with Gasteiger partial charge in [-0.2, -0.15) is 5.10 Å². The van der Waals surface area contributed by atoms with Gasteiger partial charge in [0.25, 0.3) is 0 Å². The van der Waals surface area contributed by atoms with E-state index in [1.54, 1.807) is 10.9 Å². The van der Waals surface area contributed by atoms with Crippen molar-refractivity contribution < 1.29 is 9.59 Å². The molecule has 1 fully saturated rings. The van der Waals surface area contributed by atoms with Gasteiger partial charge >= 0.3 is 0 Å². The van der Waals surface area contributed by atoms with Crippen molar-refractivity contribution in [2.45, 2.75) is 24.9 Å². The number of halogens is 1. The molecule has 0 spiro atoms. The molecule has 1 aromatic carbocycles. The van der Waals surface area contributed by atoms with Gasteiger partial charge in [-0.1, -0.05) is 23.7 Å². The summed E-state index contributed by atoms with van der Waals surface area (Å²) in [5.74, 6) is -0.242. The van der Waals surface area contributed by atoms with Crippen molar-refractivity contribution in [3.8, 4) is 0 Å². The topological polar surface area (TPSA) is 76.0 Å². The van der Waals surface area contributed by atoms with Crippen LogP contribution in [0.1, 0.15) is 24.4 Å². The smallest absolute Gasteiger partial charge is 0.242 e. The minimum atomic E-state index is -0.439. The lowest BCUT2D eigenvalue weighted by Gasteiger charge is -2.20. The van der Waals surface area contributed by atoms with E-state index in [1.807, 2.05) is 36.5 Å². The number of aromatic nitrogens is 2. The standard InChI is InChI=1S/C16H17ClN4O2/c17-12-4-2-11(3-5-12)14(21-9-1-8-19-21)10-18-16(23)13-6-7-15(22)20-13/h1-5,8-9,13-14H,6-7,10H2,(H,18,23)(H,20,22)/t13-,14+/m1/s1. The summed E-state index contributed by atoms with van der Waals surface area (Å²) in [5.41, 5.74) is 0.994. The summed E-state index contributed by atoms with van der Waals surface area (Å²) in [4.78, 5) is 23.4. The van der Waals surface area contributed by atoms with Crippen LogP contribution in [-0.2, 0) is 9.59 Å². The maximum absolute atomic E-state index is 12.2. The third-order valence-electron chi connectivity index (χ3n) is 3.88. The van der Waals surface area contributed by atoms with Gasteiger partial charge in [-0.05, 0) is 30.2 Å². The lowest BCUT2D eigenvalue weighted by molar-refractivity contribution is -0.125. The second-order valence-electron chi connectivity index (χ2n) is 5.46. The molecule has 1 aliphatic rings. The second-order valence-corrected chi connectivity index (χ2v) is 5.89. The van der Waals surface area contributed by atoms with E-state index < -0.39 is 6.04 Å². The highest BCUT2D eigenvalue weighted by molar-refractivity contribution is 6.30. The molecule has 0 saturated carbocycles. The predicted molar refractivity (Wildman–Crippen MR) is 86.0 cm³/mol. The van der Waals surface area contributed by atoms with Crippen LogP contribution in [0.5, 0.6) is 0 Å². The largest absolute Gasteiger partial charge is 0.352 e. The zero-order valence-corrected chi connectivity index (χ0v) is 13.2. The fourth-order valence-electron chi connectivity index (χ4n) is 2.65. The van der Waals surface area contributed by atoms with Crippen molar-refractivity contribution in [2.75, 3.05) is 6.54 Å². The van der Waals surface area contributed by atoms with Gasteiger partial charge in [0.15, 0.2) is 0 Å². The molecule has 120 valence electrons. The molecule has 2 aromatic rings. The Morgan fingerprint density at radius 3 is 2.83 bits per heavy atom. The van der Waals surface area contributed by atoms with E-state index in [-0.39, 0.29) is 17.9 Å². The molecule has 23 heavy (non-hydrogen) atoms. The Morgan fingerprint density at radius 2 is 2.22 bits per heavy atom. The van der Waals surface area contributed by atoms with E-state index in [4.69, 9.17) is 11.6 Å². The highest BCUT2D eigenvalue weighted by Crippen LogP contribution is 2.19. The minimum absolute atomic E-state index is 0.0773. The monoisotopic (exact) mass is 332 g/mol. The first-order valence-corrected chi connectivity index (χ1v) is 7.83. The van der Waals surface area contributed by atoms with Crippen molar-refractivity contribution in [3.63, 3.8) is 0 Å². The summed E-state index contributed by atoms with van der Waals surface area (Å²) in [5, 5.41) is 10.5. The molecule has 3 rings (SSSR count). The predicted octanol–water partition coefficient (Wildman–Crippen LogP) is 1.52. The molecular weight excluding hydrogens is 316 g/mol. The van der Waals surface area contributed by atoms with E-state index in [0.29, 0.717) is 24.4 Å². The SMILES string of the molecule is O=C1CC[C@H](C(=O)NC[C@@H](c2ccc(Cl)cc2)n2cccn2)N1. The molecule has 1 aliphatic heterocycles. The number of benzene rings is 1. The number of carbonyl (C=O) groups excluding carboxylic acids is 2. The Labute approximate surface area is 138 Å². The molecular formula is C16H17ClN4O2. The van der Waals surface area contributed by atoms with E-state index >= 15 is 0 Å². The first kappa shape index (κ1) is 15.6. The maximum Gasteiger partial charge on any atom is 0.242 e. The Hall–Kier alpha value is -2.34. The molecule has 0 aliphatic carbocycles. The van der Waals surface area contributed by atoms with Crippen LogP contribution in [0, 0.1) is 0 Å². The van der Waals surface area contributed by atoms with Gasteiger partial charge in [-0.15, -0.1) is 0 Å². The summed E-state index contributed by atoms with van der Waals surface area (Å²) in [7, 11) is 0. The number of nitrogens with zero attached hydrogens (tertiary/aromatic N) is 2. The number of hydrogen-bond acceptors (Lipinski definition) is 3. The summed E-state index contributed by atoms with van der Waals surface area (Å²) in [6.45, 7) is 0.383. The Bertz CT molecular complexity index is 685. The van der Waals surface area contributed by atoms with Crippen molar-refractivity contribution in [1.29, 1.82) is 0 Å². The van der Waals surface area contributed by atoms with Crippen LogP contribution >= 0.6 is 11.6 Å². The van der Waals surface area contributed by atoms with Gasteiger partial charge in [0.2, 0.25) is 11.8 Å². The fraction of sp³-hybridized carbons (Fsp3) is 0.312. The van der Waals surface area contributed by atoms with Crippen LogP contribution in [0.25, 0.3) is 0 Å². The molecule has 7 heteroatoms. The van der Waals surface area contributed by atoms with Crippen molar-refractivity contribution in [3.05, 3.63) is 53.3 Å². The van der Waals surface area contributed by atoms with Crippen molar-refractivity contribution >= 4 is 23.4 Å². The lowest BCUT2D eigenvalue weighted by Crippen LogP contribution is -2.43. The zero-order valence-electron chi connectivity index (χ0n) is 12.4. The quantitative estimate of drug-likeness (QED) is 0.871. The molecule has 0 bridgehead atoms. The maximum atomic E-state index is 12.2. The second kappa shape index (κ2) is 6.83. The van der Waals surface area contributed by atoms with Crippen LogP contribution in [0.15, 0.2) is 42.7 Å². The van der Waals surface area contributed by atoms with Crippen LogP contribution in [0.2, 0.25) is 5.02 Å². The molecule has 1 aromatic heterocycles. The Morgan fingerprint density at radius 1 is 1.43 bits per heavy atom. The van der Waals surface area contributed by atoms with Crippen LogP contribution in [0.4, 0.5) is 0 Å². The minimum Gasteiger partial charge on any atom is -0.352 e. The van der Waals surface area contributed by atoms with Gasteiger partial charge in [-0.3, -0.25) is 14.3 Å². The highest BCUT2D eigenvalue weighted by Gasteiger charge is 2.27. The first-order chi connectivity index (χ1) is 11.1. The average Bonchev–Trinajstić information content (AvgIpc) is 3.21. The zero-order chi connectivity index (χ0) is 16.2. The summed E-state index contributed by atoms with van der Waals surface area (Å²) < 4.78 is 1.79. The summed E-state index contributed by atoms with van der Waals surface area (Å²) >= 11 is 5.94. The molecule has 6 nitrogen and oxygen atoms in total. The van der Waals surface area contributed by atoms with Gasteiger partial charge in [-0.25, -0.2) is 0 Å². The molecule has 1 saturated heterocycles. The Kier molecular flexibility index (Phi) is 4.62. The number of nitrogens with one attached hydrogen (secondary N) is 2. The van der Waals surface area contributed by atoms with Gasteiger partial charge in [0.1, 0.15) is 6.04 Å². The Balaban J connectivity index is 1.71. The van der Waals surface area contributed by atoms with Gasteiger partial charge in [0, 0.05) is 30.4 Å². The lowest BCUT2D eigenvalue weighted by atomic mass is 10.1. The van der Waals surface area contributed by atoms with Gasteiger partial charge < -0.3 is 10.6 Å². The van der Waals surface area contributed by atoms with Crippen molar-refractivity contribution in [1.82, 2.24) is 20.4 Å². The van der Waals surface area contributed by atoms with Crippen LogP contribution < -0.4 is 10.6 Å². The van der Waals surface area contributed by atoms with E-state index in [1.165, 1.54) is 0 Å². The highest BCUT2D eigenvalue weighted by atomic mass is 35.5. The van der Waals surface area contributed by atoms with Crippen molar-refractivity contribution in [2.24, 2.45) is 0 Å². The molecule has 2 amide bonds. The number of amides is 2. The van der Waals surface area contributed by atoms with E-state index in [0.717, 1.165) is 5.56 Å². The summed E-state index contributed by atoms with van der Waals surface area (Å²) in [6.07, 6.45) is 4.49. The average molecular weight is 333 g/mol. The number of rotatable bonds is 5. The molecule has 0 unspecified atom stereocenters. The summed E-state index contributed by atoms with van der Waals surface area (Å²) in [6, 6.07) is 8.71. The molecule has 2 atom stereocenters. The fourth-order valence-corrected chi connectivity index (χ4v) is 2.77. The molecule has 2 N–H and O–H groups in total. The van der Waals surface area contributed by atoms with Gasteiger partial charge in [0.05, 0.1) is 6.04 Å². The third-order valence-corrected chi connectivity index (χ3v) is 4.13. The molecule has 2 heterocycles. The van der Waals surface area contributed by atoms with Crippen LogP contribution in [-0.4, -0.2) is 34.2 Å². The van der Waals surface area contributed by atoms with E-state index in [9.17, 15) is 9.59 Å². The van der Waals surface area contributed by atoms with E-state index in [2.05, 4.69) is 15.7 Å². The third kappa shape index (κ3) is 3.71. The first-order valence-electron chi connectivity index (χ1n) is 7.45. The normalized spacial score (nSPS) is 18.5. The number of carbonyl (C=O) groups is 2. The molecule has 0 radical (unpaired) electrons.